The molecule has 1 rings (SSSR count). The van der Waals surface area contributed by atoms with E-state index in [1.807, 2.05) is 20.8 Å². The molecule has 0 fully saturated rings. The average Bonchev–Trinajstić information content (AvgIpc) is 2.82. The van der Waals surface area contributed by atoms with Crippen LogP contribution in [0.4, 0.5) is 13.2 Å². The molecule has 0 bridgehead atoms. The smallest absolute Gasteiger partial charge is 0.270 e. The van der Waals surface area contributed by atoms with Crippen molar-refractivity contribution in [2.45, 2.75) is 51.7 Å². The van der Waals surface area contributed by atoms with Gasteiger partial charge in [0.2, 0.25) is 0 Å². The molecule has 0 saturated carbocycles. The van der Waals surface area contributed by atoms with Crippen LogP contribution in [0.25, 0.3) is 0 Å². The molecule has 0 unspecified atom stereocenters. The van der Waals surface area contributed by atoms with Gasteiger partial charge in [-0.05, 0) is 12.5 Å². The van der Waals surface area contributed by atoms with Gasteiger partial charge in [0.15, 0.2) is 5.41 Å². The van der Waals surface area contributed by atoms with E-state index in [-0.39, 0.29) is 12.0 Å². The van der Waals surface area contributed by atoms with E-state index in [1.165, 1.54) is 4.68 Å². The zero-order chi connectivity index (χ0) is 16.3. The maximum atomic E-state index is 12.3. The molecule has 0 spiro atoms. The molecule has 114 valence electrons. The van der Waals surface area contributed by atoms with Crippen LogP contribution in [-0.2, 0) is 12.0 Å². The van der Waals surface area contributed by atoms with Gasteiger partial charge < -0.3 is 0 Å². The molecule has 0 N–H and O–H groups in total. The minimum absolute atomic E-state index is 0.174. The zero-order valence-electron chi connectivity index (χ0n) is 12.2. The highest BCUT2D eigenvalue weighted by Gasteiger charge is 2.37. The maximum Gasteiger partial charge on any atom is 0.389 e. The van der Waals surface area contributed by atoms with E-state index in [0.717, 1.165) is 5.69 Å². The fraction of sp³-hybridized carbons (Fsp3) is 0.643. The largest absolute Gasteiger partial charge is 0.389 e. The maximum absolute atomic E-state index is 12.3. The van der Waals surface area contributed by atoms with E-state index >= 15 is 0 Å². The number of nitrogens with zero attached hydrogens (tertiary/aromatic N) is 4. The number of halogens is 3. The molecule has 0 saturated heterocycles. The fourth-order valence-electron chi connectivity index (χ4n) is 1.77. The SMILES string of the molecule is CC(C)(C)c1ccn(CC(C#N)(C#N)CCC(F)(F)F)n1. The minimum atomic E-state index is -4.39. The molecule has 0 amide bonds. The summed E-state index contributed by atoms with van der Waals surface area (Å²) in [4.78, 5) is 0. The normalized spacial score (nSPS) is 12.8. The Labute approximate surface area is 121 Å². The van der Waals surface area contributed by atoms with Crippen molar-refractivity contribution in [1.82, 2.24) is 9.78 Å². The van der Waals surface area contributed by atoms with Crippen molar-refractivity contribution >= 4 is 0 Å². The van der Waals surface area contributed by atoms with Crippen LogP contribution < -0.4 is 0 Å². The van der Waals surface area contributed by atoms with Gasteiger partial charge >= 0.3 is 6.18 Å². The summed E-state index contributed by atoms with van der Waals surface area (Å²) in [6.07, 6.45) is -4.53. The third-order valence-electron chi connectivity index (χ3n) is 3.10. The Balaban J connectivity index is 2.92. The number of aromatic nitrogens is 2. The third kappa shape index (κ3) is 4.78. The summed E-state index contributed by atoms with van der Waals surface area (Å²) in [5.74, 6) is 0. The molecule has 1 aromatic rings. The van der Waals surface area contributed by atoms with Gasteiger partial charge in [0.25, 0.3) is 0 Å². The predicted molar refractivity (Wildman–Crippen MR) is 69.9 cm³/mol. The molecule has 1 heterocycles. The van der Waals surface area contributed by atoms with Crippen LogP contribution in [0, 0.1) is 28.1 Å². The van der Waals surface area contributed by atoms with Gasteiger partial charge in [0, 0.05) is 18.0 Å². The predicted octanol–water partition coefficient (Wildman–Crippen LogP) is 3.56. The quantitative estimate of drug-likeness (QED) is 0.853. The molecular formula is C14H17F3N4. The second-order valence-corrected chi connectivity index (χ2v) is 6.07. The van der Waals surface area contributed by atoms with Crippen molar-refractivity contribution in [3.8, 4) is 12.1 Å². The summed E-state index contributed by atoms with van der Waals surface area (Å²) in [5, 5.41) is 22.5. The molecule has 1 aromatic heterocycles. The molecule has 4 nitrogen and oxygen atoms in total. The Hall–Kier alpha value is -2.02. The third-order valence-corrected chi connectivity index (χ3v) is 3.10. The summed E-state index contributed by atoms with van der Waals surface area (Å²) in [7, 11) is 0. The second-order valence-electron chi connectivity index (χ2n) is 6.07. The van der Waals surface area contributed by atoms with Gasteiger partial charge in [0.05, 0.1) is 24.4 Å². The van der Waals surface area contributed by atoms with Crippen LogP contribution in [0.1, 0.15) is 39.3 Å². The van der Waals surface area contributed by atoms with Crippen LogP contribution in [0.2, 0.25) is 0 Å². The van der Waals surface area contributed by atoms with Crippen molar-refractivity contribution in [2.24, 2.45) is 5.41 Å². The lowest BCUT2D eigenvalue weighted by Gasteiger charge is -2.20. The highest BCUT2D eigenvalue weighted by atomic mass is 19.4. The van der Waals surface area contributed by atoms with Crippen LogP contribution in [0.15, 0.2) is 12.3 Å². The monoisotopic (exact) mass is 298 g/mol. The first-order valence-corrected chi connectivity index (χ1v) is 6.44. The van der Waals surface area contributed by atoms with E-state index in [1.54, 1.807) is 24.4 Å². The Bertz CT molecular complexity index is 553. The van der Waals surface area contributed by atoms with Gasteiger partial charge in [-0.15, -0.1) is 0 Å². The number of nitriles is 2. The molecular weight excluding hydrogens is 281 g/mol. The van der Waals surface area contributed by atoms with E-state index in [2.05, 4.69) is 5.10 Å². The highest BCUT2D eigenvalue weighted by molar-refractivity contribution is 5.15. The van der Waals surface area contributed by atoms with Gasteiger partial charge in [0.1, 0.15) is 0 Å². The van der Waals surface area contributed by atoms with E-state index < -0.39 is 24.4 Å². The Morgan fingerprint density at radius 3 is 2.10 bits per heavy atom. The lowest BCUT2D eigenvalue weighted by molar-refractivity contribution is -0.138. The van der Waals surface area contributed by atoms with Gasteiger partial charge in [-0.25, -0.2) is 0 Å². The molecule has 7 heteroatoms. The van der Waals surface area contributed by atoms with Crippen molar-refractivity contribution < 1.29 is 13.2 Å². The van der Waals surface area contributed by atoms with Crippen LogP contribution in [-0.4, -0.2) is 16.0 Å². The molecule has 0 radical (unpaired) electrons. The molecule has 0 atom stereocenters. The van der Waals surface area contributed by atoms with Crippen LogP contribution >= 0.6 is 0 Å². The summed E-state index contributed by atoms with van der Waals surface area (Å²) < 4.78 is 38.3. The minimum Gasteiger partial charge on any atom is -0.270 e. The summed E-state index contributed by atoms with van der Waals surface area (Å²) in [6, 6.07) is 5.16. The Morgan fingerprint density at radius 2 is 1.71 bits per heavy atom. The second kappa shape index (κ2) is 5.77. The van der Waals surface area contributed by atoms with Crippen molar-refractivity contribution in [3.63, 3.8) is 0 Å². The lowest BCUT2D eigenvalue weighted by Crippen LogP contribution is -2.26. The Kier molecular flexibility index (Phi) is 4.68. The van der Waals surface area contributed by atoms with Crippen LogP contribution in [0.3, 0.4) is 0 Å². The number of rotatable bonds is 4. The average molecular weight is 298 g/mol. The molecule has 0 aliphatic carbocycles. The standard InChI is InChI=1S/C14H17F3N4/c1-12(2,3)11-4-7-21(20-11)10-13(8-18,9-19)5-6-14(15,16)17/h4,7H,5-6,10H2,1-3H3. The van der Waals surface area contributed by atoms with Gasteiger partial charge in [-0.2, -0.15) is 28.8 Å². The van der Waals surface area contributed by atoms with Crippen molar-refractivity contribution in [3.05, 3.63) is 18.0 Å². The number of alkyl halides is 3. The van der Waals surface area contributed by atoms with E-state index in [0.29, 0.717) is 0 Å². The van der Waals surface area contributed by atoms with E-state index in [9.17, 15) is 13.2 Å². The first-order chi connectivity index (χ1) is 9.51. The first kappa shape index (κ1) is 17.0. The number of hydrogen-bond acceptors (Lipinski definition) is 3. The molecule has 0 aliphatic heterocycles. The highest BCUT2D eigenvalue weighted by Crippen LogP contribution is 2.32. The molecule has 0 aliphatic rings. The Morgan fingerprint density at radius 1 is 1.14 bits per heavy atom. The zero-order valence-corrected chi connectivity index (χ0v) is 12.2. The lowest BCUT2D eigenvalue weighted by atomic mass is 9.86. The first-order valence-electron chi connectivity index (χ1n) is 6.44. The van der Waals surface area contributed by atoms with Crippen molar-refractivity contribution in [2.75, 3.05) is 0 Å². The fourth-order valence-corrected chi connectivity index (χ4v) is 1.77. The summed E-state index contributed by atoms with van der Waals surface area (Å²) in [5.41, 5.74) is -1.18. The number of hydrogen-bond donors (Lipinski definition) is 0. The summed E-state index contributed by atoms with van der Waals surface area (Å²) in [6.45, 7) is 5.67. The summed E-state index contributed by atoms with van der Waals surface area (Å²) >= 11 is 0. The topological polar surface area (TPSA) is 65.4 Å². The van der Waals surface area contributed by atoms with Crippen LogP contribution in [0.5, 0.6) is 0 Å². The van der Waals surface area contributed by atoms with Crippen molar-refractivity contribution in [1.29, 1.82) is 10.5 Å². The van der Waals surface area contributed by atoms with E-state index in [4.69, 9.17) is 10.5 Å². The van der Waals surface area contributed by atoms with Gasteiger partial charge in [-0.1, -0.05) is 20.8 Å². The molecule has 0 aromatic carbocycles. The van der Waals surface area contributed by atoms with Gasteiger partial charge in [-0.3, -0.25) is 4.68 Å². The molecule has 21 heavy (non-hydrogen) atoms.